The van der Waals surface area contributed by atoms with E-state index in [2.05, 4.69) is 0 Å². The molecule has 1 aliphatic carbocycles. The average molecular weight is 663 g/mol. The first kappa shape index (κ1) is 34.4. The third-order valence-corrected chi connectivity index (χ3v) is 8.89. The van der Waals surface area contributed by atoms with Crippen LogP contribution in [0.4, 0.5) is 0 Å². The zero-order valence-corrected chi connectivity index (χ0v) is 27.3. The van der Waals surface area contributed by atoms with E-state index in [1.54, 1.807) is 31.2 Å². The Morgan fingerprint density at radius 3 is 2.08 bits per heavy atom. The molecule has 5 rings (SSSR count). The molecule has 0 saturated heterocycles. The average Bonchev–Trinajstić information content (AvgIpc) is 3.04. The topological polar surface area (TPSA) is 176 Å². The lowest BCUT2D eigenvalue weighted by Gasteiger charge is -2.37. The van der Waals surface area contributed by atoms with E-state index in [1.807, 2.05) is 13.8 Å². The van der Waals surface area contributed by atoms with Crippen molar-refractivity contribution >= 4 is 17.6 Å². The van der Waals surface area contributed by atoms with Crippen LogP contribution in [-0.2, 0) is 6.42 Å². The second-order valence-corrected chi connectivity index (χ2v) is 12.6. The number of benzene rings is 4. The molecule has 0 amide bonds. The van der Waals surface area contributed by atoms with Gasteiger partial charge in [-0.05, 0) is 93.3 Å². The van der Waals surface area contributed by atoms with Crippen molar-refractivity contribution in [3.8, 4) is 40.2 Å². The summed E-state index contributed by atoms with van der Waals surface area (Å²) in [5, 5.41) is 75.3. The van der Waals surface area contributed by atoms with Crippen molar-refractivity contribution in [1.82, 2.24) is 0 Å². The maximum Gasteiger partial charge on any atom is 0.189 e. The van der Waals surface area contributed by atoms with E-state index in [0.717, 1.165) is 17.2 Å². The van der Waals surface area contributed by atoms with E-state index in [1.165, 1.54) is 60.7 Å². The number of hydrogen-bond donors (Lipinski definition) is 7. The Labute approximate surface area is 283 Å². The Bertz CT molecular complexity index is 2010. The van der Waals surface area contributed by atoms with Gasteiger partial charge in [0.05, 0.1) is 11.1 Å². The van der Waals surface area contributed by atoms with Crippen LogP contribution in [0.5, 0.6) is 40.2 Å². The lowest BCUT2D eigenvalue weighted by atomic mass is 9.65. The number of ketones is 2. The zero-order valence-electron chi connectivity index (χ0n) is 27.3. The summed E-state index contributed by atoms with van der Waals surface area (Å²) in [7, 11) is 0. The highest BCUT2D eigenvalue weighted by Gasteiger charge is 2.43. The molecule has 252 valence electrons. The molecule has 0 spiro atoms. The van der Waals surface area contributed by atoms with Crippen molar-refractivity contribution in [2.75, 3.05) is 0 Å². The third kappa shape index (κ3) is 7.16. The molecular formula is C40H38O9. The van der Waals surface area contributed by atoms with Gasteiger partial charge in [-0.1, -0.05) is 47.6 Å². The van der Waals surface area contributed by atoms with E-state index >= 15 is 0 Å². The molecule has 0 heterocycles. The first-order chi connectivity index (χ1) is 23.3. The predicted octanol–water partition coefficient (Wildman–Crippen LogP) is 7.75. The number of allylic oxidation sites excluding steroid dienone is 5. The minimum atomic E-state index is -1.15. The summed E-state index contributed by atoms with van der Waals surface area (Å²) in [4.78, 5) is 28.1. The van der Waals surface area contributed by atoms with Crippen LogP contribution in [0, 0.1) is 5.92 Å². The van der Waals surface area contributed by atoms with E-state index in [4.69, 9.17) is 0 Å². The largest absolute Gasteiger partial charge is 0.508 e. The molecule has 0 bridgehead atoms. The molecule has 0 aromatic heterocycles. The highest BCUT2D eigenvalue weighted by atomic mass is 16.3. The van der Waals surface area contributed by atoms with Gasteiger partial charge in [-0.25, -0.2) is 0 Å². The molecule has 1 aliphatic rings. The van der Waals surface area contributed by atoms with Crippen molar-refractivity contribution in [2.24, 2.45) is 5.92 Å². The van der Waals surface area contributed by atoms with Gasteiger partial charge < -0.3 is 35.7 Å². The van der Waals surface area contributed by atoms with Crippen LogP contribution >= 0.6 is 0 Å². The fourth-order valence-electron chi connectivity index (χ4n) is 6.44. The summed E-state index contributed by atoms with van der Waals surface area (Å²) in [6.07, 6.45) is 6.68. The van der Waals surface area contributed by atoms with Crippen LogP contribution in [0.3, 0.4) is 0 Å². The van der Waals surface area contributed by atoms with E-state index in [-0.39, 0.29) is 63.8 Å². The highest BCUT2D eigenvalue weighted by Crippen LogP contribution is 2.53. The summed E-state index contributed by atoms with van der Waals surface area (Å²) in [5.41, 5.74) is 2.45. The maximum atomic E-state index is 14.7. The van der Waals surface area contributed by atoms with E-state index < -0.39 is 40.8 Å². The number of phenolic OH excluding ortho intramolecular Hbond substituents is 7. The second-order valence-electron chi connectivity index (χ2n) is 12.6. The summed E-state index contributed by atoms with van der Waals surface area (Å²) < 4.78 is 0. The van der Waals surface area contributed by atoms with Gasteiger partial charge in [0, 0.05) is 34.9 Å². The van der Waals surface area contributed by atoms with Crippen LogP contribution in [0.25, 0.3) is 6.08 Å². The number of Topliss-reactive ketones (excluding diaryl/α,β-unsaturated/α-hetero) is 1. The summed E-state index contributed by atoms with van der Waals surface area (Å²) in [6, 6.07) is 15.3. The molecule has 49 heavy (non-hydrogen) atoms. The lowest BCUT2D eigenvalue weighted by Crippen LogP contribution is -2.32. The summed E-state index contributed by atoms with van der Waals surface area (Å²) >= 11 is 0. The van der Waals surface area contributed by atoms with Gasteiger partial charge in [0.2, 0.25) is 0 Å². The molecule has 4 aromatic rings. The molecule has 3 atom stereocenters. The standard InChI is InChI=1S/C40H38O9/c1-21(2)4-11-27-33(44)16-14-29(38(27)47)40(49)36-30(26-12-10-25(42)20-35(26)46)18-22(3)19-31(36)37-34(45)17-13-28(39(37)48)32(43)15-7-23-5-8-24(41)9-6-23/h4-10,12-17,19-20,30-31,36,41-42,44-48H,11,18H2,1-3H3. The Morgan fingerprint density at radius 1 is 0.755 bits per heavy atom. The first-order valence-electron chi connectivity index (χ1n) is 15.7. The zero-order chi connectivity index (χ0) is 35.6. The van der Waals surface area contributed by atoms with Crippen LogP contribution in [0.1, 0.15) is 82.0 Å². The number of aromatic hydroxyl groups is 7. The smallest absolute Gasteiger partial charge is 0.189 e. The van der Waals surface area contributed by atoms with Crippen LogP contribution < -0.4 is 0 Å². The third-order valence-electron chi connectivity index (χ3n) is 8.89. The van der Waals surface area contributed by atoms with Gasteiger partial charge in [-0.15, -0.1) is 0 Å². The minimum Gasteiger partial charge on any atom is -0.508 e. The van der Waals surface area contributed by atoms with Gasteiger partial charge in [0.15, 0.2) is 11.6 Å². The van der Waals surface area contributed by atoms with Gasteiger partial charge in [0.25, 0.3) is 0 Å². The molecular weight excluding hydrogens is 624 g/mol. The van der Waals surface area contributed by atoms with Gasteiger partial charge >= 0.3 is 0 Å². The Hall–Kier alpha value is -5.96. The van der Waals surface area contributed by atoms with Crippen molar-refractivity contribution in [1.29, 1.82) is 0 Å². The SMILES string of the molecule is CC(C)=CCc1c(O)ccc(C(=O)C2C(c3c(O)ccc(C(=O)C=Cc4ccc(O)cc4)c3O)C=C(C)CC2c2ccc(O)cc2O)c1O. The van der Waals surface area contributed by atoms with Crippen LogP contribution in [0.15, 0.2) is 96.1 Å². The van der Waals surface area contributed by atoms with Gasteiger partial charge in [-0.3, -0.25) is 9.59 Å². The molecule has 9 heteroatoms. The van der Waals surface area contributed by atoms with Crippen LogP contribution in [-0.4, -0.2) is 47.3 Å². The predicted molar refractivity (Wildman–Crippen MR) is 186 cm³/mol. The molecule has 0 saturated carbocycles. The number of carbonyl (C=O) groups is 2. The first-order valence-corrected chi connectivity index (χ1v) is 15.7. The van der Waals surface area contributed by atoms with E-state index in [0.29, 0.717) is 11.1 Å². The van der Waals surface area contributed by atoms with Crippen molar-refractivity contribution in [3.05, 3.63) is 129 Å². The summed E-state index contributed by atoms with van der Waals surface area (Å²) in [5.74, 6) is -6.08. The quantitative estimate of drug-likeness (QED) is 0.0537. The maximum absolute atomic E-state index is 14.7. The number of phenols is 7. The monoisotopic (exact) mass is 662 g/mol. The lowest BCUT2D eigenvalue weighted by molar-refractivity contribution is 0.0876. The van der Waals surface area contributed by atoms with E-state index in [9.17, 15) is 45.3 Å². The molecule has 9 nitrogen and oxygen atoms in total. The Balaban J connectivity index is 1.67. The fraction of sp³-hybridized carbons (Fsp3) is 0.200. The fourth-order valence-corrected chi connectivity index (χ4v) is 6.44. The number of carbonyl (C=O) groups excluding carboxylic acids is 2. The van der Waals surface area contributed by atoms with Crippen LogP contribution in [0.2, 0.25) is 0 Å². The van der Waals surface area contributed by atoms with Crippen molar-refractivity contribution < 1.29 is 45.3 Å². The molecule has 0 radical (unpaired) electrons. The highest BCUT2D eigenvalue weighted by molar-refractivity contribution is 6.09. The molecule has 0 fully saturated rings. The van der Waals surface area contributed by atoms with Gasteiger partial charge in [0.1, 0.15) is 40.2 Å². The Morgan fingerprint density at radius 2 is 1.41 bits per heavy atom. The molecule has 7 N–H and O–H groups in total. The number of rotatable bonds is 9. The minimum absolute atomic E-state index is 0.0629. The summed E-state index contributed by atoms with van der Waals surface area (Å²) in [6.45, 7) is 5.53. The molecule has 0 aliphatic heterocycles. The number of hydrogen-bond acceptors (Lipinski definition) is 9. The molecule has 4 aromatic carbocycles. The normalized spacial score (nSPS) is 17.4. The Kier molecular flexibility index (Phi) is 9.84. The van der Waals surface area contributed by atoms with Crippen molar-refractivity contribution in [2.45, 2.75) is 45.4 Å². The van der Waals surface area contributed by atoms with Crippen molar-refractivity contribution in [3.63, 3.8) is 0 Å². The second kappa shape index (κ2) is 14.0. The molecule has 3 unspecified atom stereocenters. The van der Waals surface area contributed by atoms with Gasteiger partial charge in [-0.2, -0.15) is 0 Å².